The second-order valence-electron chi connectivity index (χ2n) is 5.28. The third kappa shape index (κ3) is 3.80. The first-order valence-electron chi connectivity index (χ1n) is 5.98. The second-order valence-corrected chi connectivity index (χ2v) is 5.28. The second kappa shape index (κ2) is 5.28. The molecule has 0 saturated carbocycles. The lowest BCUT2D eigenvalue weighted by Crippen LogP contribution is -2.20. The smallest absolute Gasteiger partial charge is 0.138 e. The van der Waals surface area contributed by atoms with Crippen molar-refractivity contribution >= 4 is 5.78 Å². The molecule has 16 heavy (non-hydrogen) atoms. The predicted molar refractivity (Wildman–Crippen MR) is 65.3 cm³/mol. The fourth-order valence-electron chi connectivity index (χ4n) is 1.52. The molecule has 1 aromatic heterocycles. The van der Waals surface area contributed by atoms with Crippen molar-refractivity contribution < 1.29 is 4.79 Å². The third-order valence-corrected chi connectivity index (χ3v) is 2.62. The van der Waals surface area contributed by atoms with E-state index in [0.29, 0.717) is 12.2 Å². The van der Waals surface area contributed by atoms with E-state index in [1.807, 2.05) is 37.8 Å². The van der Waals surface area contributed by atoms with E-state index in [2.05, 4.69) is 12.0 Å². The molecule has 0 N–H and O–H groups in total. The van der Waals surface area contributed by atoms with E-state index in [-0.39, 0.29) is 5.41 Å². The Hall–Kier alpha value is -1.12. The molecule has 0 unspecified atom stereocenters. The Morgan fingerprint density at radius 3 is 2.69 bits per heavy atom. The van der Waals surface area contributed by atoms with Crippen molar-refractivity contribution in [3.63, 3.8) is 0 Å². The van der Waals surface area contributed by atoms with Gasteiger partial charge in [0.05, 0.1) is 6.20 Å². The van der Waals surface area contributed by atoms with Gasteiger partial charge in [0.25, 0.3) is 0 Å². The van der Waals surface area contributed by atoms with Gasteiger partial charge in [-0.15, -0.1) is 0 Å². The third-order valence-electron chi connectivity index (χ3n) is 2.62. The van der Waals surface area contributed by atoms with Crippen molar-refractivity contribution in [2.75, 3.05) is 0 Å². The van der Waals surface area contributed by atoms with Crippen molar-refractivity contribution in [3.8, 4) is 0 Å². The van der Waals surface area contributed by atoms with Gasteiger partial charge in [-0.25, -0.2) is 0 Å². The maximum atomic E-state index is 11.7. The van der Waals surface area contributed by atoms with Crippen molar-refractivity contribution in [3.05, 3.63) is 18.0 Å². The molecule has 90 valence electrons. The van der Waals surface area contributed by atoms with E-state index >= 15 is 0 Å². The molecule has 0 atom stereocenters. The van der Waals surface area contributed by atoms with Crippen molar-refractivity contribution in [2.24, 2.45) is 5.41 Å². The Balaban J connectivity index is 2.45. The van der Waals surface area contributed by atoms with E-state index in [0.717, 1.165) is 24.9 Å². The van der Waals surface area contributed by atoms with Crippen LogP contribution in [-0.2, 0) is 17.8 Å². The largest absolute Gasteiger partial charge is 0.299 e. The summed E-state index contributed by atoms with van der Waals surface area (Å²) >= 11 is 0. The number of hydrogen-bond donors (Lipinski definition) is 0. The summed E-state index contributed by atoms with van der Waals surface area (Å²) in [6, 6.07) is 0. The molecular weight excluding hydrogens is 200 g/mol. The van der Waals surface area contributed by atoms with E-state index in [9.17, 15) is 4.79 Å². The van der Waals surface area contributed by atoms with Crippen molar-refractivity contribution in [1.29, 1.82) is 0 Å². The molecule has 0 bridgehead atoms. The van der Waals surface area contributed by atoms with Crippen LogP contribution in [0.1, 0.15) is 46.1 Å². The Bertz CT molecular complexity index is 347. The number of Topliss-reactive ketones (excluding diaryl/α,β-unsaturated/α-hetero) is 1. The van der Waals surface area contributed by atoms with Crippen LogP contribution in [-0.4, -0.2) is 15.6 Å². The summed E-state index contributed by atoms with van der Waals surface area (Å²) in [7, 11) is 0. The molecule has 0 fully saturated rings. The van der Waals surface area contributed by atoms with Crippen LogP contribution < -0.4 is 0 Å². The van der Waals surface area contributed by atoms with E-state index < -0.39 is 0 Å². The number of carbonyl (C=O) groups excluding carboxylic acids is 1. The van der Waals surface area contributed by atoms with Crippen molar-refractivity contribution in [1.82, 2.24) is 9.78 Å². The highest BCUT2D eigenvalue weighted by atomic mass is 16.1. The summed E-state index contributed by atoms with van der Waals surface area (Å²) in [6.07, 6.45) is 6.41. The van der Waals surface area contributed by atoms with Gasteiger partial charge in [0.2, 0.25) is 0 Å². The summed E-state index contributed by atoms with van der Waals surface area (Å²) in [4.78, 5) is 11.7. The van der Waals surface area contributed by atoms with Crippen LogP contribution in [0.5, 0.6) is 0 Å². The average Bonchev–Trinajstić information content (AvgIpc) is 2.61. The molecule has 0 amide bonds. The summed E-state index contributed by atoms with van der Waals surface area (Å²) in [6.45, 7) is 8.99. The molecule has 0 spiro atoms. The predicted octanol–water partition coefficient (Wildman–Crippen LogP) is 2.84. The van der Waals surface area contributed by atoms with Gasteiger partial charge in [-0.2, -0.15) is 5.10 Å². The van der Waals surface area contributed by atoms with Gasteiger partial charge < -0.3 is 0 Å². The number of hydrogen-bond acceptors (Lipinski definition) is 2. The standard InChI is InChI=1S/C13H22N2O/c1-5-8-15-10-11(9-14-15)6-7-12(16)13(2,3)4/h9-10H,5-8H2,1-4H3. The van der Waals surface area contributed by atoms with E-state index in [1.165, 1.54) is 0 Å². The van der Waals surface area contributed by atoms with Gasteiger partial charge in [-0.3, -0.25) is 9.48 Å². The molecule has 0 saturated heterocycles. The van der Waals surface area contributed by atoms with Gasteiger partial charge in [-0.05, 0) is 18.4 Å². The summed E-state index contributed by atoms with van der Waals surface area (Å²) in [5.74, 6) is 0.316. The minimum atomic E-state index is -0.223. The average molecular weight is 222 g/mol. The molecule has 0 aliphatic heterocycles. The minimum absolute atomic E-state index is 0.223. The first kappa shape index (κ1) is 12.9. The molecule has 0 aliphatic rings. The zero-order valence-corrected chi connectivity index (χ0v) is 10.8. The van der Waals surface area contributed by atoms with Gasteiger partial charge >= 0.3 is 0 Å². The highest BCUT2D eigenvalue weighted by Crippen LogP contribution is 2.18. The van der Waals surface area contributed by atoms with Crippen LogP contribution >= 0.6 is 0 Å². The number of aromatic nitrogens is 2. The lowest BCUT2D eigenvalue weighted by atomic mass is 9.88. The molecular formula is C13H22N2O. The van der Waals surface area contributed by atoms with Crippen LogP contribution in [0, 0.1) is 5.41 Å². The van der Waals surface area contributed by atoms with Crippen LogP contribution in [0.25, 0.3) is 0 Å². The molecule has 3 heteroatoms. The van der Waals surface area contributed by atoms with Gasteiger partial charge in [0.15, 0.2) is 0 Å². The highest BCUT2D eigenvalue weighted by molar-refractivity contribution is 5.83. The first-order valence-corrected chi connectivity index (χ1v) is 5.98. The monoisotopic (exact) mass is 222 g/mol. The Morgan fingerprint density at radius 2 is 2.12 bits per heavy atom. The SMILES string of the molecule is CCCn1cc(CCC(=O)C(C)(C)C)cn1. The zero-order chi connectivity index (χ0) is 12.2. The highest BCUT2D eigenvalue weighted by Gasteiger charge is 2.20. The fourth-order valence-corrected chi connectivity index (χ4v) is 1.52. The Kier molecular flexibility index (Phi) is 4.27. The molecule has 1 rings (SSSR count). The number of nitrogens with zero attached hydrogens (tertiary/aromatic N) is 2. The normalized spacial score (nSPS) is 11.8. The van der Waals surface area contributed by atoms with Crippen LogP contribution in [0.2, 0.25) is 0 Å². The number of aryl methyl sites for hydroxylation is 2. The van der Waals surface area contributed by atoms with Crippen molar-refractivity contribution in [2.45, 2.75) is 53.5 Å². The molecule has 1 heterocycles. The molecule has 0 aromatic carbocycles. The maximum absolute atomic E-state index is 11.7. The summed E-state index contributed by atoms with van der Waals surface area (Å²) in [5, 5.41) is 4.25. The van der Waals surface area contributed by atoms with Crippen LogP contribution in [0.4, 0.5) is 0 Å². The Morgan fingerprint density at radius 1 is 1.44 bits per heavy atom. The summed E-state index contributed by atoms with van der Waals surface area (Å²) < 4.78 is 1.94. The number of carbonyl (C=O) groups is 1. The van der Waals surface area contributed by atoms with Crippen LogP contribution in [0.15, 0.2) is 12.4 Å². The zero-order valence-electron chi connectivity index (χ0n) is 10.8. The molecule has 1 aromatic rings. The van der Waals surface area contributed by atoms with Crippen LogP contribution in [0.3, 0.4) is 0 Å². The van der Waals surface area contributed by atoms with Gasteiger partial charge in [0, 0.05) is 24.6 Å². The number of rotatable bonds is 5. The van der Waals surface area contributed by atoms with E-state index in [1.54, 1.807) is 0 Å². The summed E-state index contributed by atoms with van der Waals surface area (Å²) in [5.41, 5.74) is 0.936. The maximum Gasteiger partial charge on any atom is 0.138 e. The lowest BCUT2D eigenvalue weighted by molar-refractivity contribution is -0.126. The lowest BCUT2D eigenvalue weighted by Gasteiger charge is -2.15. The van der Waals surface area contributed by atoms with E-state index in [4.69, 9.17) is 0 Å². The molecule has 0 radical (unpaired) electrons. The Labute approximate surface area is 97.8 Å². The first-order chi connectivity index (χ1) is 7.43. The van der Waals surface area contributed by atoms with Gasteiger partial charge in [0.1, 0.15) is 5.78 Å². The topological polar surface area (TPSA) is 34.9 Å². The molecule has 3 nitrogen and oxygen atoms in total. The number of ketones is 1. The quantitative estimate of drug-likeness (QED) is 0.768. The van der Waals surface area contributed by atoms with Gasteiger partial charge in [-0.1, -0.05) is 27.7 Å². The molecule has 0 aliphatic carbocycles. The minimum Gasteiger partial charge on any atom is -0.299 e. The fraction of sp³-hybridized carbons (Fsp3) is 0.692.